The number of aliphatic hydroxyl groups is 1. The average Bonchev–Trinajstić information content (AvgIpc) is 2.79. The van der Waals surface area contributed by atoms with Crippen molar-refractivity contribution in [1.29, 1.82) is 0 Å². The van der Waals surface area contributed by atoms with E-state index in [9.17, 15) is 14.7 Å². The lowest BCUT2D eigenvalue weighted by Crippen LogP contribution is -2.46. The lowest BCUT2D eigenvalue weighted by atomic mass is 10.1. The van der Waals surface area contributed by atoms with E-state index < -0.39 is 11.6 Å². The summed E-state index contributed by atoms with van der Waals surface area (Å²) in [5.41, 5.74) is -0.957. The van der Waals surface area contributed by atoms with Gasteiger partial charge in [-0.2, -0.15) is 0 Å². The first-order valence-corrected chi connectivity index (χ1v) is 6.65. The Morgan fingerprint density at radius 1 is 1.58 bits per heavy atom. The van der Waals surface area contributed by atoms with Gasteiger partial charge in [-0.1, -0.05) is 0 Å². The van der Waals surface area contributed by atoms with Gasteiger partial charge >= 0.3 is 5.97 Å². The fourth-order valence-electron chi connectivity index (χ4n) is 1.67. The van der Waals surface area contributed by atoms with Crippen LogP contribution in [0.25, 0.3) is 0 Å². The first kappa shape index (κ1) is 14.0. The molecule has 0 saturated carbocycles. The maximum atomic E-state index is 11.9. The molecule has 0 radical (unpaired) electrons. The molecule has 3 N–H and O–H groups in total. The van der Waals surface area contributed by atoms with E-state index >= 15 is 0 Å². The van der Waals surface area contributed by atoms with E-state index in [2.05, 4.69) is 5.32 Å². The summed E-state index contributed by atoms with van der Waals surface area (Å²) < 4.78 is 5.29. The molecule has 19 heavy (non-hydrogen) atoms. The zero-order valence-electron chi connectivity index (χ0n) is 10.4. The predicted octanol–water partition coefficient (Wildman–Crippen LogP) is 0.386. The number of rotatable bonds is 4. The molecule has 0 spiro atoms. The second kappa shape index (κ2) is 5.28. The summed E-state index contributed by atoms with van der Waals surface area (Å²) in [7, 11) is 0. The molecule has 6 nitrogen and oxygen atoms in total. The van der Waals surface area contributed by atoms with Crippen molar-refractivity contribution < 1.29 is 24.5 Å². The van der Waals surface area contributed by atoms with Crippen molar-refractivity contribution in [2.45, 2.75) is 25.6 Å². The molecule has 2 rings (SSSR count). The molecule has 1 aromatic rings. The molecular formula is C12H15NO5S. The van der Waals surface area contributed by atoms with E-state index in [1.165, 1.54) is 11.3 Å². The monoisotopic (exact) mass is 285 g/mol. The van der Waals surface area contributed by atoms with Gasteiger partial charge in [-0.05, 0) is 18.6 Å². The molecule has 1 unspecified atom stereocenters. The number of ether oxygens (including phenoxy) is 1. The molecule has 1 amide bonds. The van der Waals surface area contributed by atoms with Crippen LogP contribution in [0.1, 0.15) is 27.0 Å². The first-order chi connectivity index (χ1) is 8.90. The van der Waals surface area contributed by atoms with E-state index in [-0.39, 0.29) is 12.5 Å². The van der Waals surface area contributed by atoms with Gasteiger partial charge in [-0.25, -0.2) is 4.79 Å². The van der Waals surface area contributed by atoms with Crippen LogP contribution in [0.5, 0.6) is 0 Å². The third kappa shape index (κ3) is 3.12. The molecule has 1 atom stereocenters. The third-order valence-corrected chi connectivity index (χ3v) is 4.14. The minimum atomic E-state index is -1.96. The highest BCUT2D eigenvalue weighted by molar-refractivity contribution is 7.14. The SMILES string of the molecule is CC(O)(CNC(=O)c1cc2c(s1)CCOC2)C(=O)O. The van der Waals surface area contributed by atoms with Gasteiger partial charge in [-0.3, -0.25) is 4.79 Å². The molecular weight excluding hydrogens is 270 g/mol. The molecule has 0 fully saturated rings. The van der Waals surface area contributed by atoms with Gasteiger partial charge in [-0.15, -0.1) is 11.3 Å². The number of carbonyl (C=O) groups excluding carboxylic acids is 1. The number of fused-ring (bicyclic) bond motifs is 1. The van der Waals surface area contributed by atoms with Crippen LogP contribution < -0.4 is 5.32 Å². The Morgan fingerprint density at radius 3 is 2.95 bits per heavy atom. The summed E-state index contributed by atoms with van der Waals surface area (Å²) in [4.78, 5) is 24.2. The molecule has 0 bridgehead atoms. The third-order valence-electron chi connectivity index (χ3n) is 2.91. The highest BCUT2D eigenvalue weighted by Gasteiger charge is 2.30. The van der Waals surface area contributed by atoms with Crippen LogP contribution in [-0.2, 0) is 22.6 Å². The molecule has 0 aromatic carbocycles. The highest BCUT2D eigenvalue weighted by atomic mass is 32.1. The first-order valence-electron chi connectivity index (χ1n) is 5.83. The van der Waals surface area contributed by atoms with E-state index in [4.69, 9.17) is 9.84 Å². The molecule has 0 saturated heterocycles. The van der Waals surface area contributed by atoms with Gasteiger partial charge in [0.25, 0.3) is 5.91 Å². The second-order valence-electron chi connectivity index (χ2n) is 4.62. The van der Waals surface area contributed by atoms with Gasteiger partial charge in [0.15, 0.2) is 5.60 Å². The number of hydrogen-bond donors (Lipinski definition) is 3. The zero-order chi connectivity index (χ0) is 14.0. The average molecular weight is 285 g/mol. The number of carboxylic acid groups (broad SMARTS) is 1. The summed E-state index contributed by atoms with van der Waals surface area (Å²) in [6.45, 7) is 1.97. The summed E-state index contributed by atoms with van der Waals surface area (Å²) >= 11 is 1.38. The summed E-state index contributed by atoms with van der Waals surface area (Å²) in [6.07, 6.45) is 0.792. The molecule has 104 valence electrons. The van der Waals surface area contributed by atoms with Gasteiger partial charge in [0.2, 0.25) is 0 Å². The van der Waals surface area contributed by atoms with Crippen molar-refractivity contribution in [2.24, 2.45) is 0 Å². The number of aliphatic carboxylic acids is 1. The Hall–Kier alpha value is -1.44. The predicted molar refractivity (Wildman–Crippen MR) is 68.3 cm³/mol. The standard InChI is InChI=1S/C12H15NO5S/c1-12(17,11(15)16)6-13-10(14)9-4-7-5-18-3-2-8(7)19-9/h4,17H,2-3,5-6H2,1H3,(H,13,14)(H,15,16). The van der Waals surface area contributed by atoms with Crippen molar-refractivity contribution in [3.05, 3.63) is 21.4 Å². The molecule has 1 aliphatic heterocycles. The number of carbonyl (C=O) groups is 2. The fraction of sp³-hybridized carbons (Fsp3) is 0.500. The van der Waals surface area contributed by atoms with Crippen molar-refractivity contribution in [3.63, 3.8) is 0 Å². The van der Waals surface area contributed by atoms with Gasteiger partial charge in [0.1, 0.15) is 0 Å². The lowest BCUT2D eigenvalue weighted by molar-refractivity contribution is -0.155. The van der Waals surface area contributed by atoms with Crippen molar-refractivity contribution in [1.82, 2.24) is 5.32 Å². The molecule has 7 heteroatoms. The van der Waals surface area contributed by atoms with Crippen molar-refractivity contribution in [2.75, 3.05) is 13.2 Å². The lowest BCUT2D eigenvalue weighted by Gasteiger charge is -2.17. The van der Waals surface area contributed by atoms with Crippen LogP contribution in [0.3, 0.4) is 0 Å². The Kier molecular flexibility index (Phi) is 3.88. The number of thiophene rings is 1. The van der Waals surface area contributed by atoms with Crippen molar-refractivity contribution >= 4 is 23.2 Å². The van der Waals surface area contributed by atoms with Crippen LogP contribution in [0.2, 0.25) is 0 Å². The number of nitrogens with one attached hydrogen (secondary N) is 1. The van der Waals surface area contributed by atoms with Crippen LogP contribution in [0.15, 0.2) is 6.07 Å². The quantitative estimate of drug-likeness (QED) is 0.743. The molecule has 1 aliphatic rings. The molecule has 2 heterocycles. The summed E-state index contributed by atoms with van der Waals surface area (Å²) in [5, 5.41) is 20.7. The summed E-state index contributed by atoms with van der Waals surface area (Å²) in [6, 6.07) is 1.75. The number of carboxylic acids is 1. The Bertz CT molecular complexity index is 485. The van der Waals surface area contributed by atoms with E-state index in [1.54, 1.807) is 6.07 Å². The topological polar surface area (TPSA) is 95.9 Å². The van der Waals surface area contributed by atoms with Crippen LogP contribution in [-0.4, -0.2) is 40.8 Å². The van der Waals surface area contributed by atoms with Gasteiger partial charge < -0.3 is 20.3 Å². The highest BCUT2D eigenvalue weighted by Crippen LogP contribution is 2.26. The molecule has 1 aromatic heterocycles. The normalized spacial score (nSPS) is 17.4. The molecule has 0 aliphatic carbocycles. The number of hydrogen-bond acceptors (Lipinski definition) is 5. The van der Waals surface area contributed by atoms with Gasteiger partial charge in [0.05, 0.1) is 24.6 Å². The van der Waals surface area contributed by atoms with Crippen molar-refractivity contribution in [3.8, 4) is 0 Å². The Balaban J connectivity index is 2.00. The maximum Gasteiger partial charge on any atom is 0.337 e. The number of amides is 1. The van der Waals surface area contributed by atoms with Gasteiger partial charge in [0, 0.05) is 11.3 Å². The fourth-order valence-corrected chi connectivity index (χ4v) is 2.74. The van der Waals surface area contributed by atoms with E-state index in [0.29, 0.717) is 18.1 Å². The minimum absolute atomic E-state index is 0.333. The largest absolute Gasteiger partial charge is 0.479 e. The van der Waals surface area contributed by atoms with E-state index in [0.717, 1.165) is 23.8 Å². The minimum Gasteiger partial charge on any atom is -0.479 e. The van der Waals surface area contributed by atoms with Crippen LogP contribution in [0.4, 0.5) is 0 Å². The summed E-state index contributed by atoms with van der Waals surface area (Å²) in [5.74, 6) is -1.74. The Labute approximate surface area is 114 Å². The smallest absolute Gasteiger partial charge is 0.337 e. The van der Waals surface area contributed by atoms with Crippen LogP contribution >= 0.6 is 11.3 Å². The van der Waals surface area contributed by atoms with E-state index in [1.807, 2.05) is 0 Å². The Morgan fingerprint density at radius 2 is 2.32 bits per heavy atom. The maximum absolute atomic E-state index is 11.9. The van der Waals surface area contributed by atoms with Crippen LogP contribution in [0, 0.1) is 0 Å². The second-order valence-corrected chi connectivity index (χ2v) is 5.76. The zero-order valence-corrected chi connectivity index (χ0v) is 11.2.